The summed E-state index contributed by atoms with van der Waals surface area (Å²) >= 11 is 0. The number of pyridine rings is 1. The smallest absolute Gasteiger partial charge is 0.270 e. The van der Waals surface area contributed by atoms with E-state index < -0.39 is 5.56 Å². The number of carbonyl (C=O) groups excluding carboxylic acids is 1. The second-order valence-corrected chi connectivity index (χ2v) is 4.38. The summed E-state index contributed by atoms with van der Waals surface area (Å²) < 4.78 is 1.34. The number of aldehydes is 1. The maximum absolute atomic E-state index is 12.3. The monoisotopic (exact) mass is 281 g/mol. The van der Waals surface area contributed by atoms with E-state index in [-0.39, 0.29) is 17.3 Å². The lowest BCUT2D eigenvalue weighted by Crippen LogP contribution is -2.22. The zero-order valence-corrected chi connectivity index (χ0v) is 11.1. The average Bonchev–Trinajstić information content (AvgIpc) is 2.50. The Morgan fingerprint density at radius 2 is 2.00 bits per heavy atom. The van der Waals surface area contributed by atoms with Crippen LogP contribution in [0.3, 0.4) is 0 Å². The van der Waals surface area contributed by atoms with Crippen LogP contribution in [0.25, 0.3) is 5.65 Å². The molecular formula is C14H11N5O2. The molecule has 0 radical (unpaired) electrons. The lowest BCUT2D eigenvalue weighted by Gasteiger charge is -2.09. The van der Waals surface area contributed by atoms with E-state index in [1.807, 2.05) is 13.0 Å². The summed E-state index contributed by atoms with van der Waals surface area (Å²) in [7, 11) is 0. The van der Waals surface area contributed by atoms with Crippen molar-refractivity contribution in [1.82, 2.24) is 19.4 Å². The first-order valence-corrected chi connectivity index (χ1v) is 6.22. The molecule has 0 aliphatic carbocycles. The van der Waals surface area contributed by atoms with Crippen molar-refractivity contribution in [2.75, 3.05) is 5.32 Å². The number of rotatable bonds is 3. The van der Waals surface area contributed by atoms with Crippen molar-refractivity contribution in [3.8, 4) is 0 Å². The molecule has 104 valence electrons. The molecule has 0 spiro atoms. The van der Waals surface area contributed by atoms with E-state index in [4.69, 9.17) is 0 Å². The van der Waals surface area contributed by atoms with Crippen molar-refractivity contribution in [3.63, 3.8) is 0 Å². The van der Waals surface area contributed by atoms with Crippen LogP contribution in [0.2, 0.25) is 0 Å². The van der Waals surface area contributed by atoms with Crippen molar-refractivity contribution < 1.29 is 4.79 Å². The van der Waals surface area contributed by atoms with E-state index in [0.717, 1.165) is 5.56 Å². The molecule has 3 aromatic heterocycles. The van der Waals surface area contributed by atoms with E-state index in [1.165, 1.54) is 4.40 Å². The Balaban J connectivity index is 2.24. The van der Waals surface area contributed by atoms with Gasteiger partial charge in [-0.05, 0) is 24.6 Å². The molecule has 0 fully saturated rings. The molecule has 1 N–H and O–H groups in total. The minimum absolute atomic E-state index is 0.0643. The molecule has 7 nitrogen and oxygen atoms in total. The molecule has 3 heterocycles. The van der Waals surface area contributed by atoms with Crippen LogP contribution < -0.4 is 10.9 Å². The predicted molar refractivity (Wildman–Crippen MR) is 76.9 cm³/mol. The number of fused-ring (bicyclic) bond motifs is 1. The third-order valence-corrected chi connectivity index (χ3v) is 3.00. The lowest BCUT2D eigenvalue weighted by atomic mass is 10.2. The van der Waals surface area contributed by atoms with E-state index >= 15 is 0 Å². The maximum Gasteiger partial charge on any atom is 0.270 e. The zero-order chi connectivity index (χ0) is 14.8. The molecule has 3 aromatic rings. The fraction of sp³-hybridized carbons (Fsp3) is 0.0714. The van der Waals surface area contributed by atoms with Crippen molar-refractivity contribution in [2.24, 2.45) is 0 Å². The first-order chi connectivity index (χ1) is 10.2. The largest absolute Gasteiger partial charge is 0.308 e. The summed E-state index contributed by atoms with van der Waals surface area (Å²) in [6.07, 6.45) is 5.16. The number of nitrogens with zero attached hydrogens (tertiary/aromatic N) is 4. The van der Waals surface area contributed by atoms with Gasteiger partial charge in [0, 0.05) is 18.6 Å². The van der Waals surface area contributed by atoms with E-state index in [2.05, 4.69) is 20.3 Å². The van der Waals surface area contributed by atoms with Gasteiger partial charge >= 0.3 is 0 Å². The number of aromatic nitrogens is 4. The molecule has 3 rings (SSSR count). The Hall–Kier alpha value is -3.09. The number of anilines is 2. The summed E-state index contributed by atoms with van der Waals surface area (Å²) in [5, 5.41) is 2.81. The molecule has 21 heavy (non-hydrogen) atoms. The van der Waals surface area contributed by atoms with Gasteiger partial charge in [0.1, 0.15) is 11.2 Å². The van der Waals surface area contributed by atoms with Crippen LogP contribution in [0.4, 0.5) is 11.8 Å². The molecule has 0 aliphatic rings. The minimum atomic E-state index is -0.433. The van der Waals surface area contributed by atoms with Gasteiger partial charge in [-0.1, -0.05) is 6.07 Å². The van der Waals surface area contributed by atoms with Crippen LogP contribution in [0.5, 0.6) is 0 Å². The molecular weight excluding hydrogens is 270 g/mol. The maximum atomic E-state index is 12.3. The van der Waals surface area contributed by atoms with Crippen molar-refractivity contribution in [1.29, 1.82) is 0 Å². The molecule has 0 atom stereocenters. The van der Waals surface area contributed by atoms with Crippen LogP contribution in [0, 0.1) is 6.92 Å². The Morgan fingerprint density at radius 3 is 2.71 bits per heavy atom. The van der Waals surface area contributed by atoms with Gasteiger partial charge in [0.05, 0.1) is 0 Å². The Kier molecular flexibility index (Phi) is 3.15. The Labute approximate surface area is 119 Å². The van der Waals surface area contributed by atoms with Crippen LogP contribution in [0.15, 0.2) is 41.6 Å². The number of carbonyl (C=O) groups is 1. The molecule has 0 saturated carbocycles. The number of aryl methyl sites for hydroxylation is 1. The number of hydrogen-bond donors (Lipinski definition) is 1. The number of hydrogen-bond acceptors (Lipinski definition) is 6. The lowest BCUT2D eigenvalue weighted by molar-refractivity contribution is 0.112. The standard InChI is InChI=1S/C14H11N5O2/c1-9-4-2-7-19-12(9)17-11(10(8-20)13(19)21)18-14-15-5-3-6-16-14/h2-8H,1H3,(H,15,16,18). The van der Waals surface area contributed by atoms with Gasteiger partial charge in [-0.3, -0.25) is 14.0 Å². The molecule has 0 bridgehead atoms. The summed E-state index contributed by atoms with van der Waals surface area (Å²) in [6, 6.07) is 5.23. The zero-order valence-electron chi connectivity index (χ0n) is 11.1. The molecule has 0 amide bonds. The molecule has 0 unspecified atom stereocenters. The van der Waals surface area contributed by atoms with Gasteiger partial charge in [-0.2, -0.15) is 0 Å². The van der Waals surface area contributed by atoms with Gasteiger partial charge < -0.3 is 5.32 Å². The van der Waals surface area contributed by atoms with Crippen LogP contribution >= 0.6 is 0 Å². The Morgan fingerprint density at radius 1 is 1.24 bits per heavy atom. The first kappa shape index (κ1) is 12.9. The summed E-state index contributed by atoms with van der Waals surface area (Å²) in [6.45, 7) is 1.84. The van der Waals surface area contributed by atoms with Crippen LogP contribution in [-0.2, 0) is 0 Å². The summed E-state index contributed by atoms with van der Waals surface area (Å²) in [5.74, 6) is 0.418. The summed E-state index contributed by atoms with van der Waals surface area (Å²) in [5.41, 5.74) is 0.804. The van der Waals surface area contributed by atoms with Gasteiger partial charge in [0.25, 0.3) is 5.56 Å². The molecule has 0 aromatic carbocycles. The second kappa shape index (κ2) is 5.12. The van der Waals surface area contributed by atoms with Crippen molar-refractivity contribution in [3.05, 3.63) is 58.3 Å². The average molecular weight is 281 g/mol. The Bertz CT molecular complexity index is 874. The first-order valence-electron chi connectivity index (χ1n) is 6.22. The van der Waals surface area contributed by atoms with Crippen molar-refractivity contribution >= 4 is 23.7 Å². The van der Waals surface area contributed by atoms with Gasteiger partial charge in [-0.25, -0.2) is 15.0 Å². The highest BCUT2D eigenvalue weighted by Crippen LogP contribution is 2.14. The van der Waals surface area contributed by atoms with Gasteiger partial charge in [0.2, 0.25) is 5.95 Å². The molecule has 7 heteroatoms. The highest BCUT2D eigenvalue weighted by Gasteiger charge is 2.14. The van der Waals surface area contributed by atoms with Crippen molar-refractivity contribution in [2.45, 2.75) is 6.92 Å². The fourth-order valence-corrected chi connectivity index (χ4v) is 1.98. The fourth-order valence-electron chi connectivity index (χ4n) is 1.98. The predicted octanol–water partition coefficient (Wildman–Crippen LogP) is 1.35. The quantitative estimate of drug-likeness (QED) is 0.729. The molecule has 0 saturated heterocycles. The number of nitrogens with one attached hydrogen (secondary N) is 1. The van der Waals surface area contributed by atoms with E-state index in [9.17, 15) is 9.59 Å². The second-order valence-electron chi connectivity index (χ2n) is 4.38. The minimum Gasteiger partial charge on any atom is -0.308 e. The normalized spacial score (nSPS) is 10.5. The van der Waals surface area contributed by atoms with Gasteiger partial charge in [0.15, 0.2) is 12.1 Å². The van der Waals surface area contributed by atoms with Crippen LogP contribution in [0.1, 0.15) is 15.9 Å². The topological polar surface area (TPSA) is 89.2 Å². The third kappa shape index (κ3) is 2.25. The van der Waals surface area contributed by atoms with E-state index in [0.29, 0.717) is 11.9 Å². The third-order valence-electron chi connectivity index (χ3n) is 3.00. The summed E-state index contributed by atoms with van der Waals surface area (Å²) in [4.78, 5) is 35.9. The van der Waals surface area contributed by atoms with Gasteiger partial charge in [-0.15, -0.1) is 0 Å². The highest BCUT2D eigenvalue weighted by atomic mass is 16.1. The molecule has 0 aliphatic heterocycles. The van der Waals surface area contributed by atoms with E-state index in [1.54, 1.807) is 30.7 Å². The SMILES string of the molecule is Cc1cccn2c(=O)c(C=O)c(Nc3ncccn3)nc12. The van der Waals surface area contributed by atoms with Crippen LogP contribution in [-0.4, -0.2) is 25.6 Å². The highest BCUT2D eigenvalue weighted by molar-refractivity contribution is 5.84.